The first-order valence-electron chi connectivity index (χ1n) is 9.04. The molecule has 0 aliphatic carbocycles. The van der Waals surface area contributed by atoms with Crippen molar-refractivity contribution in [3.05, 3.63) is 86.9 Å². The second kappa shape index (κ2) is 7.85. The highest BCUT2D eigenvalue weighted by molar-refractivity contribution is 6.38. The standard InChI is InChI=1S/C22H17Cl2N3O2/c1-13(15-7-6-14-4-2-3-5-16(14)8-15)26-20(28)11-27-12-25-21-18(22(27)29)9-17(23)10-19(21)24/h2-10,12-13H,11H2,1H3,(H,26,28). The topological polar surface area (TPSA) is 64.0 Å². The van der Waals surface area contributed by atoms with Crippen LogP contribution in [0.5, 0.6) is 0 Å². The fraction of sp³-hybridized carbons (Fsp3) is 0.136. The van der Waals surface area contributed by atoms with E-state index in [-0.39, 0.29) is 29.4 Å². The molecule has 0 radical (unpaired) electrons. The monoisotopic (exact) mass is 425 g/mol. The van der Waals surface area contributed by atoms with E-state index in [4.69, 9.17) is 23.2 Å². The van der Waals surface area contributed by atoms with E-state index >= 15 is 0 Å². The van der Waals surface area contributed by atoms with Gasteiger partial charge in [-0.3, -0.25) is 14.2 Å². The van der Waals surface area contributed by atoms with Crippen LogP contribution in [0, 0.1) is 0 Å². The van der Waals surface area contributed by atoms with Crippen LogP contribution in [0.2, 0.25) is 10.0 Å². The van der Waals surface area contributed by atoms with Crippen molar-refractivity contribution in [2.24, 2.45) is 0 Å². The Labute approximate surface area is 176 Å². The van der Waals surface area contributed by atoms with E-state index in [1.165, 1.54) is 23.0 Å². The van der Waals surface area contributed by atoms with Crippen LogP contribution in [0.1, 0.15) is 18.5 Å². The number of hydrogen-bond donors (Lipinski definition) is 1. The summed E-state index contributed by atoms with van der Waals surface area (Å²) in [7, 11) is 0. The lowest BCUT2D eigenvalue weighted by molar-refractivity contribution is -0.122. The molecule has 1 unspecified atom stereocenters. The summed E-state index contributed by atoms with van der Waals surface area (Å²) >= 11 is 12.1. The summed E-state index contributed by atoms with van der Waals surface area (Å²) in [6, 6.07) is 16.9. The summed E-state index contributed by atoms with van der Waals surface area (Å²) in [6.07, 6.45) is 1.32. The molecule has 0 aliphatic heterocycles. The second-order valence-corrected chi connectivity index (χ2v) is 7.70. The third-order valence-electron chi connectivity index (χ3n) is 4.81. The van der Waals surface area contributed by atoms with Crippen LogP contribution < -0.4 is 10.9 Å². The number of rotatable bonds is 4. The zero-order valence-corrected chi connectivity index (χ0v) is 17.0. The van der Waals surface area contributed by atoms with Gasteiger partial charge in [0.1, 0.15) is 6.54 Å². The second-order valence-electron chi connectivity index (χ2n) is 6.86. The average Bonchev–Trinajstić information content (AvgIpc) is 2.70. The summed E-state index contributed by atoms with van der Waals surface area (Å²) in [5.74, 6) is -0.290. The molecule has 1 aromatic heterocycles. The first-order chi connectivity index (χ1) is 13.9. The molecule has 4 rings (SSSR count). The van der Waals surface area contributed by atoms with Gasteiger partial charge in [-0.25, -0.2) is 4.98 Å². The van der Waals surface area contributed by atoms with E-state index < -0.39 is 0 Å². The SMILES string of the molecule is CC(NC(=O)Cn1cnc2c(Cl)cc(Cl)cc2c1=O)c1ccc2ccccc2c1. The molecule has 0 spiro atoms. The van der Waals surface area contributed by atoms with E-state index in [0.717, 1.165) is 16.3 Å². The van der Waals surface area contributed by atoms with Crippen molar-refractivity contribution in [3.8, 4) is 0 Å². The number of carbonyl (C=O) groups excluding carboxylic acids is 1. The smallest absolute Gasteiger partial charge is 0.261 e. The van der Waals surface area contributed by atoms with Crippen LogP contribution in [0.25, 0.3) is 21.7 Å². The predicted octanol–water partition coefficient (Wildman–Crippen LogP) is 4.73. The first kappa shape index (κ1) is 19.4. The van der Waals surface area contributed by atoms with Crippen molar-refractivity contribution in [2.45, 2.75) is 19.5 Å². The number of halogens is 2. The lowest BCUT2D eigenvalue weighted by Gasteiger charge is -2.16. The highest BCUT2D eigenvalue weighted by atomic mass is 35.5. The summed E-state index contributed by atoms with van der Waals surface area (Å²) in [6.45, 7) is 1.76. The van der Waals surface area contributed by atoms with Crippen molar-refractivity contribution in [1.29, 1.82) is 0 Å². The van der Waals surface area contributed by atoms with Gasteiger partial charge in [0, 0.05) is 5.02 Å². The Bertz CT molecular complexity index is 1300. The number of nitrogens with zero attached hydrogens (tertiary/aromatic N) is 2. The maximum atomic E-state index is 12.7. The Kier molecular flexibility index (Phi) is 5.26. The number of benzene rings is 3. The molecule has 4 aromatic rings. The van der Waals surface area contributed by atoms with Crippen molar-refractivity contribution in [1.82, 2.24) is 14.9 Å². The Morgan fingerprint density at radius 3 is 2.66 bits per heavy atom. The summed E-state index contributed by atoms with van der Waals surface area (Å²) in [4.78, 5) is 29.4. The third kappa shape index (κ3) is 3.97. The van der Waals surface area contributed by atoms with Gasteiger partial charge in [0.05, 0.1) is 28.3 Å². The molecule has 146 valence electrons. The third-order valence-corrected chi connectivity index (χ3v) is 5.32. The van der Waals surface area contributed by atoms with Crippen molar-refractivity contribution >= 4 is 50.8 Å². The molecule has 0 aliphatic rings. The van der Waals surface area contributed by atoms with E-state index in [2.05, 4.69) is 10.3 Å². The van der Waals surface area contributed by atoms with E-state index in [9.17, 15) is 9.59 Å². The zero-order chi connectivity index (χ0) is 20.5. The molecule has 0 bridgehead atoms. The molecule has 0 saturated carbocycles. The van der Waals surface area contributed by atoms with Gasteiger partial charge in [-0.1, -0.05) is 59.6 Å². The van der Waals surface area contributed by atoms with Crippen LogP contribution in [0.15, 0.2) is 65.7 Å². The Hall–Kier alpha value is -2.89. The molecule has 1 heterocycles. The number of hydrogen-bond acceptors (Lipinski definition) is 3. The Morgan fingerprint density at radius 1 is 1.10 bits per heavy atom. The van der Waals surface area contributed by atoms with E-state index in [1.54, 1.807) is 0 Å². The van der Waals surface area contributed by atoms with Gasteiger partial charge in [0.2, 0.25) is 5.91 Å². The Balaban J connectivity index is 1.54. The van der Waals surface area contributed by atoms with E-state index in [1.807, 2.05) is 49.4 Å². The van der Waals surface area contributed by atoms with Gasteiger partial charge < -0.3 is 5.32 Å². The maximum absolute atomic E-state index is 12.7. The maximum Gasteiger partial charge on any atom is 0.261 e. The van der Waals surface area contributed by atoms with Crippen LogP contribution >= 0.6 is 23.2 Å². The number of amides is 1. The molecular weight excluding hydrogens is 409 g/mol. The lowest BCUT2D eigenvalue weighted by Crippen LogP contribution is -2.34. The predicted molar refractivity (Wildman–Crippen MR) is 117 cm³/mol. The van der Waals surface area contributed by atoms with Crippen molar-refractivity contribution < 1.29 is 4.79 Å². The highest BCUT2D eigenvalue weighted by Crippen LogP contribution is 2.24. The van der Waals surface area contributed by atoms with Crippen LogP contribution in [0.3, 0.4) is 0 Å². The van der Waals surface area contributed by atoms with Crippen molar-refractivity contribution in [2.75, 3.05) is 0 Å². The summed E-state index contributed by atoms with van der Waals surface area (Å²) < 4.78 is 1.25. The van der Waals surface area contributed by atoms with Gasteiger partial charge in [-0.15, -0.1) is 0 Å². The largest absolute Gasteiger partial charge is 0.348 e. The number of aromatic nitrogens is 2. The molecule has 3 aromatic carbocycles. The van der Waals surface area contributed by atoms with Gasteiger partial charge in [0.25, 0.3) is 5.56 Å². The molecule has 7 heteroatoms. The quantitative estimate of drug-likeness (QED) is 0.513. The molecule has 1 amide bonds. The first-order valence-corrected chi connectivity index (χ1v) is 9.80. The summed E-state index contributed by atoms with van der Waals surface area (Å²) in [5, 5.41) is 6.09. The molecule has 5 nitrogen and oxygen atoms in total. The molecule has 1 N–H and O–H groups in total. The molecule has 29 heavy (non-hydrogen) atoms. The fourth-order valence-corrected chi connectivity index (χ4v) is 3.85. The zero-order valence-electron chi connectivity index (χ0n) is 15.5. The molecule has 0 fully saturated rings. The lowest BCUT2D eigenvalue weighted by atomic mass is 10.0. The number of fused-ring (bicyclic) bond motifs is 2. The van der Waals surface area contributed by atoms with Crippen LogP contribution in [-0.2, 0) is 11.3 Å². The van der Waals surface area contributed by atoms with E-state index in [0.29, 0.717) is 15.6 Å². The number of nitrogens with one attached hydrogen (secondary N) is 1. The summed E-state index contributed by atoms with van der Waals surface area (Å²) in [5.41, 5.74) is 0.981. The highest BCUT2D eigenvalue weighted by Gasteiger charge is 2.14. The van der Waals surface area contributed by atoms with Gasteiger partial charge in [-0.05, 0) is 41.5 Å². The molecule has 0 saturated heterocycles. The minimum Gasteiger partial charge on any atom is -0.348 e. The number of carbonyl (C=O) groups is 1. The van der Waals surface area contributed by atoms with Gasteiger partial charge >= 0.3 is 0 Å². The fourth-order valence-electron chi connectivity index (χ4n) is 3.31. The molecular formula is C22H17Cl2N3O2. The molecule has 1 atom stereocenters. The van der Waals surface area contributed by atoms with Gasteiger partial charge in [0.15, 0.2) is 0 Å². The van der Waals surface area contributed by atoms with Crippen LogP contribution in [-0.4, -0.2) is 15.5 Å². The minimum atomic E-state index is -0.368. The van der Waals surface area contributed by atoms with Crippen LogP contribution in [0.4, 0.5) is 0 Å². The average molecular weight is 426 g/mol. The van der Waals surface area contributed by atoms with Gasteiger partial charge in [-0.2, -0.15) is 0 Å². The minimum absolute atomic E-state index is 0.149. The normalized spacial score (nSPS) is 12.2. The van der Waals surface area contributed by atoms with Crippen molar-refractivity contribution in [3.63, 3.8) is 0 Å². The Morgan fingerprint density at radius 2 is 1.86 bits per heavy atom.